The molecule has 0 aromatic rings. The first-order valence-electron chi connectivity index (χ1n) is 26.6. The van der Waals surface area contributed by atoms with Gasteiger partial charge in [0.1, 0.15) is 55.4 Å². The fourth-order valence-corrected chi connectivity index (χ4v) is 8.18. The zero-order chi connectivity index (χ0) is 49.6. The molecule has 7 N–H and O–H groups in total. The van der Waals surface area contributed by atoms with Gasteiger partial charge in [0.2, 0.25) is 0 Å². The Labute approximate surface area is 408 Å². The van der Waals surface area contributed by atoms with Crippen LogP contribution in [0.4, 0.5) is 0 Å². The Morgan fingerprint density at radius 3 is 1.43 bits per heavy atom. The van der Waals surface area contributed by atoms with Crippen molar-refractivity contribution in [3.8, 4) is 0 Å². The minimum Gasteiger partial charge on any atom is -0.462 e. The molecule has 11 atom stereocenters. The molecule has 2 rings (SSSR count). The lowest BCUT2D eigenvalue weighted by molar-refractivity contribution is -0.332. The number of esters is 2. The molecule has 4 unspecified atom stereocenters. The molecule has 0 spiro atoms. The van der Waals surface area contributed by atoms with E-state index in [1.165, 1.54) is 89.9 Å². The monoisotopic (exact) mass is 971 g/mol. The lowest BCUT2D eigenvalue weighted by Crippen LogP contribution is -2.61. The molecular weight excluding hydrogens is 877 g/mol. The minimum atomic E-state index is -1.77. The summed E-state index contributed by atoms with van der Waals surface area (Å²) < 4.78 is 33.6. The second kappa shape index (κ2) is 40.3. The van der Waals surface area contributed by atoms with Gasteiger partial charge in [-0.25, -0.2) is 0 Å². The highest BCUT2D eigenvalue weighted by molar-refractivity contribution is 5.70. The van der Waals surface area contributed by atoms with Gasteiger partial charge in [0.25, 0.3) is 0 Å². The van der Waals surface area contributed by atoms with Crippen LogP contribution in [0, 0.1) is 0 Å². The molecule has 0 aromatic heterocycles. The summed E-state index contributed by atoms with van der Waals surface area (Å²) in [5.74, 6) is -0.946. The summed E-state index contributed by atoms with van der Waals surface area (Å²) in [5, 5.41) is 72.1. The first kappa shape index (κ1) is 61.8. The molecule has 2 saturated heterocycles. The Hall–Kier alpha value is -2.28. The average molecular weight is 971 g/mol. The van der Waals surface area contributed by atoms with E-state index < -0.39 is 92.7 Å². The molecule has 2 heterocycles. The third-order valence-electron chi connectivity index (χ3n) is 12.6. The van der Waals surface area contributed by atoms with Crippen LogP contribution >= 0.6 is 0 Å². The van der Waals surface area contributed by atoms with Crippen LogP contribution in [0.3, 0.4) is 0 Å². The predicted molar refractivity (Wildman–Crippen MR) is 261 cm³/mol. The van der Waals surface area contributed by atoms with Crippen molar-refractivity contribution in [1.82, 2.24) is 0 Å². The third-order valence-corrected chi connectivity index (χ3v) is 12.6. The van der Waals surface area contributed by atoms with Crippen molar-refractivity contribution >= 4 is 11.9 Å². The molecule has 2 aliphatic heterocycles. The van der Waals surface area contributed by atoms with E-state index in [0.29, 0.717) is 12.8 Å². The first-order valence-corrected chi connectivity index (χ1v) is 26.6. The van der Waals surface area contributed by atoms with E-state index in [1.54, 1.807) is 0 Å². The summed E-state index contributed by atoms with van der Waals surface area (Å²) in [4.78, 5) is 25.8. The fourth-order valence-electron chi connectivity index (χ4n) is 8.18. The number of hydrogen-bond acceptors (Lipinski definition) is 15. The number of hydrogen-bond donors (Lipinski definition) is 7. The normalized spacial score (nSPS) is 26.0. The first-order chi connectivity index (χ1) is 33.0. The molecule has 68 heavy (non-hydrogen) atoms. The van der Waals surface area contributed by atoms with Crippen LogP contribution in [0.1, 0.15) is 194 Å². The van der Waals surface area contributed by atoms with Crippen molar-refractivity contribution < 1.29 is 73.8 Å². The van der Waals surface area contributed by atoms with Gasteiger partial charge in [0, 0.05) is 12.8 Å². The quantitative estimate of drug-likeness (QED) is 0.0177. The number of ether oxygens (including phenoxy) is 6. The summed E-state index contributed by atoms with van der Waals surface area (Å²) in [6.07, 6.45) is 26.0. The lowest BCUT2D eigenvalue weighted by Gasteiger charge is -2.42. The standard InChI is InChI=1S/C53H94O15/c1-3-5-7-9-11-13-15-17-18-19-20-21-22-24-26-28-30-32-34-36-45(56)66-41(38-63-44(55)35-33-31-29-27-25-23-16-14-12-10-8-6-4-2)39-64-52-51(62)49(60)47(58)43(68-52)40-65-53-50(61)48(59)46(57)42(37-54)67-53/h11,13,17-18,23,25,41-43,46-54,57-62H,3-10,12,14-16,19-22,24,26-40H2,1-2H3/b13-11+,18-17+,25-23+/t41-,42+,43+,46-,47-,48?,49?,50?,51?,52+,53+/m1/s1. The van der Waals surface area contributed by atoms with Gasteiger partial charge < -0.3 is 64.2 Å². The predicted octanol–water partition coefficient (Wildman–Crippen LogP) is 7.71. The Bertz CT molecular complexity index is 1330. The number of allylic oxidation sites excluding steroid dienone is 6. The van der Waals surface area contributed by atoms with E-state index in [9.17, 15) is 45.3 Å². The van der Waals surface area contributed by atoms with Crippen molar-refractivity contribution in [2.75, 3.05) is 26.4 Å². The van der Waals surface area contributed by atoms with E-state index >= 15 is 0 Å². The van der Waals surface area contributed by atoms with Gasteiger partial charge in [0.05, 0.1) is 19.8 Å². The van der Waals surface area contributed by atoms with Crippen LogP contribution in [-0.4, -0.2) is 142 Å². The largest absolute Gasteiger partial charge is 0.462 e. The van der Waals surface area contributed by atoms with Gasteiger partial charge in [-0.3, -0.25) is 9.59 Å². The Morgan fingerprint density at radius 1 is 0.471 bits per heavy atom. The fraction of sp³-hybridized carbons (Fsp3) is 0.849. The van der Waals surface area contributed by atoms with E-state index in [2.05, 4.69) is 50.3 Å². The van der Waals surface area contributed by atoms with E-state index in [4.69, 9.17) is 28.4 Å². The van der Waals surface area contributed by atoms with Crippen LogP contribution in [0.5, 0.6) is 0 Å². The van der Waals surface area contributed by atoms with Crippen molar-refractivity contribution in [2.45, 2.75) is 261 Å². The summed E-state index contributed by atoms with van der Waals surface area (Å²) >= 11 is 0. The van der Waals surface area contributed by atoms with Crippen molar-refractivity contribution in [1.29, 1.82) is 0 Å². The second-order valence-corrected chi connectivity index (χ2v) is 18.7. The van der Waals surface area contributed by atoms with E-state index in [0.717, 1.165) is 64.2 Å². The number of unbranched alkanes of at least 4 members (excludes halogenated alkanes) is 21. The topological polar surface area (TPSA) is 231 Å². The molecule has 0 amide bonds. The van der Waals surface area contributed by atoms with Gasteiger partial charge >= 0.3 is 11.9 Å². The Kier molecular flexibility index (Phi) is 36.7. The highest BCUT2D eigenvalue weighted by Gasteiger charge is 2.47. The van der Waals surface area contributed by atoms with Gasteiger partial charge in [-0.1, -0.05) is 147 Å². The number of aliphatic hydroxyl groups is 7. The van der Waals surface area contributed by atoms with Crippen molar-refractivity contribution in [3.63, 3.8) is 0 Å². The summed E-state index contributed by atoms with van der Waals surface area (Å²) in [5.41, 5.74) is 0. The minimum absolute atomic E-state index is 0.158. The van der Waals surface area contributed by atoms with Gasteiger partial charge in [-0.05, 0) is 70.6 Å². The summed E-state index contributed by atoms with van der Waals surface area (Å²) in [7, 11) is 0. The highest BCUT2D eigenvalue weighted by atomic mass is 16.7. The summed E-state index contributed by atoms with van der Waals surface area (Å²) in [6, 6.07) is 0. The maximum atomic E-state index is 13.0. The molecule has 15 nitrogen and oxygen atoms in total. The number of aliphatic hydroxyl groups excluding tert-OH is 7. The van der Waals surface area contributed by atoms with Gasteiger partial charge in [-0.15, -0.1) is 0 Å². The molecule has 15 heteroatoms. The molecule has 2 fully saturated rings. The number of carbonyl (C=O) groups excluding carboxylic acids is 2. The Morgan fingerprint density at radius 2 is 0.882 bits per heavy atom. The third kappa shape index (κ3) is 27.9. The van der Waals surface area contributed by atoms with Crippen molar-refractivity contribution in [2.24, 2.45) is 0 Å². The zero-order valence-electron chi connectivity index (χ0n) is 41.8. The van der Waals surface area contributed by atoms with Crippen LogP contribution in [0.15, 0.2) is 36.5 Å². The van der Waals surface area contributed by atoms with Crippen LogP contribution in [0.2, 0.25) is 0 Å². The van der Waals surface area contributed by atoms with Crippen LogP contribution in [0.25, 0.3) is 0 Å². The molecule has 0 aliphatic carbocycles. The molecule has 2 aliphatic rings. The van der Waals surface area contributed by atoms with Crippen molar-refractivity contribution in [3.05, 3.63) is 36.5 Å². The average Bonchev–Trinajstić information content (AvgIpc) is 3.33. The lowest BCUT2D eigenvalue weighted by atomic mass is 9.98. The Balaban J connectivity index is 1.80. The molecule has 0 saturated carbocycles. The van der Waals surface area contributed by atoms with Gasteiger partial charge in [0.15, 0.2) is 18.7 Å². The number of rotatable bonds is 41. The maximum absolute atomic E-state index is 13.0. The number of carbonyl (C=O) groups is 2. The van der Waals surface area contributed by atoms with Gasteiger partial charge in [-0.2, -0.15) is 0 Å². The molecule has 396 valence electrons. The highest BCUT2D eigenvalue weighted by Crippen LogP contribution is 2.26. The SMILES string of the molecule is CCCCC/C=C/C/C=C/CCCCCCCCCCCC(=O)O[C@H](COC(=O)CCCCC/C=C/CCCCCCCC)CO[C@H]1O[C@@H](CO[C@H]2O[C@@H](CO)[C@@H](O)C(O)C2O)[C@@H](O)C(O)C1O. The molecular formula is C53H94O15. The molecule has 0 radical (unpaired) electrons. The summed E-state index contributed by atoms with van der Waals surface area (Å²) in [6.45, 7) is 2.54. The molecule has 0 aromatic carbocycles. The smallest absolute Gasteiger partial charge is 0.306 e. The maximum Gasteiger partial charge on any atom is 0.306 e. The van der Waals surface area contributed by atoms with Crippen LogP contribution in [-0.2, 0) is 38.0 Å². The van der Waals surface area contributed by atoms with E-state index in [1.807, 2.05) is 0 Å². The van der Waals surface area contributed by atoms with E-state index in [-0.39, 0.29) is 26.1 Å². The van der Waals surface area contributed by atoms with Crippen LogP contribution < -0.4 is 0 Å². The zero-order valence-corrected chi connectivity index (χ0v) is 41.8. The second-order valence-electron chi connectivity index (χ2n) is 18.7. The molecule has 0 bridgehead atoms.